The molecule has 204 valence electrons. The molecule has 2 N–H and O–H groups in total. The van der Waals surface area contributed by atoms with E-state index in [1.54, 1.807) is 49.4 Å². The smallest absolute Gasteiger partial charge is 0.255 e. The van der Waals surface area contributed by atoms with Gasteiger partial charge in [-0.25, -0.2) is 18.2 Å². The predicted octanol–water partition coefficient (Wildman–Crippen LogP) is 4.64. The van der Waals surface area contributed by atoms with Crippen molar-refractivity contribution in [3.05, 3.63) is 94.8 Å². The van der Waals surface area contributed by atoms with Gasteiger partial charge in [0, 0.05) is 30.3 Å². The molecule has 1 aliphatic rings. The third kappa shape index (κ3) is 6.76. The lowest BCUT2D eigenvalue weighted by Crippen LogP contribution is -2.42. The molecule has 4 rings (SSSR count). The molecule has 8 nitrogen and oxygen atoms in total. The Kier molecular flexibility index (Phi) is 8.57. The van der Waals surface area contributed by atoms with Gasteiger partial charge in [-0.05, 0) is 92.8 Å². The van der Waals surface area contributed by atoms with Crippen LogP contribution in [-0.4, -0.2) is 43.3 Å². The highest BCUT2D eigenvalue weighted by Gasteiger charge is 2.32. The van der Waals surface area contributed by atoms with Crippen LogP contribution in [0.3, 0.4) is 0 Å². The number of anilines is 1. The van der Waals surface area contributed by atoms with E-state index in [1.165, 1.54) is 22.5 Å². The number of carbonyl (C=O) groups is 2. The van der Waals surface area contributed by atoms with E-state index < -0.39 is 21.7 Å². The summed E-state index contributed by atoms with van der Waals surface area (Å²) >= 11 is 0. The van der Waals surface area contributed by atoms with E-state index in [0.717, 1.165) is 22.8 Å². The molecule has 0 aliphatic carbocycles. The molecule has 0 spiro atoms. The molecule has 3 aromatic carbocycles. The van der Waals surface area contributed by atoms with Crippen molar-refractivity contribution in [1.29, 1.82) is 0 Å². The number of amides is 2. The maximum Gasteiger partial charge on any atom is 0.255 e. The van der Waals surface area contributed by atoms with Crippen molar-refractivity contribution in [2.24, 2.45) is 11.0 Å². The second-order valence-electron chi connectivity index (χ2n) is 9.64. The van der Waals surface area contributed by atoms with Crippen LogP contribution in [0.2, 0.25) is 0 Å². The summed E-state index contributed by atoms with van der Waals surface area (Å²) in [6, 6.07) is 17.4. The summed E-state index contributed by atoms with van der Waals surface area (Å²) in [5.74, 6) is -1.50. The van der Waals surface area contributed by atoms with E-state index in [9.17, 15) is 22.4 Å². The van der Waals surface area contributed by atoms with Crippen LogP contribution in [0.5, 0.6) is 0 Å². The standard InChI is InChI=1S/C29H31FN4O4S/c1-19-7-12-27(17-20(19)2)39(37,38)34-15-13-23(14-16-34)29(36)33-32-21(3)22-8-10-26(11-9-22)31-28(35)24-5-4-6-25(30)18-24/h4-12,17-18,23H,13-16H2,1-3H3,(H,31,35)(H,33,36). The molecule has 0 aromatic heterocycles. The number of carbonyl (C=O) groups excluding carboxylic acids is 2. The molecule has 0 bridgehead atoms. The Bertz CT molecular complexity index is 1510. The highest BCUT2D eigenvalue weighted by atomic mass is 32.2. The maximum absolute atomic E-state index is 13.4. The summed E-state index contributed by atoms with van der Waals surface area (Å²) in [5.41, 5.74) is 6.61. The lowest BCUT2D eigenvalue weighted by atomic mass is 9.98. The van der Waals surface area contributed by atoms with Gasteiger partial charge in [0.1, 0.15) is 5.82 Å². The average molecular weight is 551 g/mol. The molecule has 0 atom stereocenters. The second-order valence-corrected chi connectivity index (χ2v) is 11.6. The van der Waals surface area contributed by atoms with Gasteiger partial charge in [-0.2, -0.15) is 9.41 Å². The largest absolute Gasteiger partial charge is 0.322 e. The fourth-order valence-electron chi connectivity index (χ4n) is 4.30. The van der Waals surface area contributed by atoms with Gasteiger partial charge in [-0.15, -0.1) is 0 Å². The Morgan fingerprint density at radius 2 is 1.62 bits per heavy atom. The molecule has 1 aliphatic heterocycles. The minimum Gasteiger partial charge on any atom is -0.322 e. The number of nitrogens with one attached hydrogen (secondary N) is 2. The first-order valence-corrected chi connectivity index (χ1v) is 14.1. The van der Waals surface area contributed by atoms with Crippen LogP contribution < -0.4 is 10.7 Å². The third-order valence-corrected chi connectivity index (χ3v) is 8.82. The number of rotatable bonds is 7. The summed E-state index contributed by atoms with van der Waals surface area (Å²) in [7, 11) is -3.61. The van der Waals surface area contributed by atoms with E-state index >= 15 is 0 Å². The van der Waals surface area contributed by atoms with Gasteiger partial charge in [0.25, 0.3) is 5.91 Å². The minimum absolute atomic E-state index is 0.216. The number of piperidine rings is 1. The molecule has 10 heteroatoms. The molecule has 3 aromatic rings. The van der Waals surface area contributed by atoms with Crippen LogP contribution in [0.15, 0.2) is 76.7 Å². The Morgan fingerprint density at radius 3 is 2.26 bits per heavy atom. The first-order valence-electron chi connectivity index (χ1n) is 12.6. The molecular weight excluding hydrogens is 519 g/mol. The van der Waals surface area contributed by atoms with E-state index in [1.807, 2.05) is 13.8 Å². The van der Waals surface area contributed by atoms with E-state index in [-0.39, 0.29) is 35.4 Å². The summed E-state index contributed by atoms with van der Waals surface area (Å²) in [4.78, 5) is 25.3. The molecule has 2 amide bonds. The third-order valence-electron chi connectivity index (χ3n) is 6.92. The summed E-state index contributed by atoms with van der Waals surface area (Å²) in [6.45, 7) is 6.09. The number of hydrogen-bond acceptors (Lipinski definition) is 5. The molecule has 0 unspecified atom stereocenters. The van der Waals surface area contributed by atoms with Gasteiger partial charge in [-0.1, -0.05) is 24.3 Å². The first kappa shape index (κ1) is 28.1. The fraction of sp³-hybridized carbons (Fsp3) is 0.276. The van der Waals surface area contributed by atoms with Gasteiger partial charge < -0.3 is 5.32 Å². The van der Waals surface area contributed by atoms with Crippen molar-refractivity contribution in [1.82, 2.24) is 9.73 Å². The van der Waals surface area contributed by atoms with Crippen molar-refractivity contribution in [3.63, 3.8) is 0 Å². The van der Waals surface area contributed by atoms with Gasteiger partial charge >= 0.3 is 0 Å². The number of sulfonamides is 1. The topological polar surface area (TPSA) is 108 Å². The molecule has 1 heterocycles. The predicted molar refractivity (Wildman–Crippen MR) is 149 cm³/mol. The zero-order valence-corrected chi connectivity index (χ0v) is 22.9. The number of hydrogen-bond donors (Lipinski definition) is 2. The molecule has 0 saturated carbocycles. The van der Waals surface area contributed by atoms with E-state index in [4.69, 9.17) is 0 Å². The van der Waals surface area contributed by atoms with Gasteiger partial charge in [0.05, 0.1) is 10.6 Å². The van der Waals surface area contributed by atoms with Crippen molar-refractivity contribution in [2.45, 2.75) is 38.5 Å². The zero-order valence-electron chi connectivity index (χ0n) is 22.1. The van der Waals surface area contributed by atoms with Crippen LogP contribution in [0, 0.1) is 25.6 Å². The van der Waals surface area contributed by atoms with E-state index in [2.05, 4.69) is 15.8 Å². The van der Waals surface area contributed by atoms with Gasteiger partial charge in [0.2, 0.25) is 15.9 Å². The monoisotopic (exact) mass is 550 g/mol. The lowest BCUT2D eigenvalue weighted by Gasteiger charge is -2.30. The fourth-order valence-corrected chi connectivity index (χ4v) is 5.86. The SMILES string of the molecule is CC(=NNC(=O)C1CCN(S(=O)(=O)c2ccc(C)c(C)c2)CC1)c1ccc(NC(=O)c2cccc(F)c2)cc1. The van der Waals surface area contributed by atoms with Crippen molar-refractivity contribution in [3.8, 4) is 0 Å². The van der Waals surface area contributed by atoms with E-state index in [0.29, 0.717) is 24.2 Å². The lowest BCUT2D eigenvalue weighted by molar-refractivity contribution is -0.126. The molecule has 0 radical (unpaired) electrons. The molecule has 1 fully saturated rings. The molecular formula is C29H31FN4O4S. The highest BCUT2D eigenvalue weighted by Crippen LogP contribution is 2.25. The number of aryl methyl sites for hydroxylation is 2. The average Bonchev–Trinajstić information content (AvgIpc) is 2.93. The number of benzene rings is 3. The Labute approximate surface area is 228 Å². The highest BCUT2D eigenvalue weighted by molar-refractivity contribution is 7.89. The van der Waals surface area contributed by atoms with Crippen molar-refractivity contribution >= 4 is 33.2 Å². The Hall–Kier alpha value is -3.89. The summed E-state index contributed by atoms with van der Waals surface area (Å²) in [5, 5.41) is 6.92. The Morgan fingerprint density at radius 1 is 0.923 bits per heavy atom. The number of halogens is 1. The number of hydrazone groups is 1. The van der Waals surface area contributed by atoms with Crippen LogP contribution in [-0.2, 0) is 14.8 Å². The van der Waals surface area contributed by atoms with Crippen LogP contribution in [0.1, 0.15) is 46.8 Å². The number of nitrogens with zero attached hydrogens (tertiary/aromatic N) is 2. The van der Waals surface area contributed by atoms with Crippen molar-refractivity contribution in [2.75, 3.05) is 18.4 Å². The normalized spacial score (nSPS) is 15.1. The summed E-state index contributed by atoms with van der Waals surface area (Å²) in [6.07, 6.45) is 0.814. The quantitative estimate of drug-likeness (QED) is 0.330. The maximum atomic E-state index is 13.4. The molecule has 1 saturated heterocycles. The Balaban J connectivity index is 1.30. The van der Waals surface area contributed by atoms with Crippen molar-refractivity contribution < 1.29 is 22.4 Å². The van der Waals surface area contributed by atoms with Crippen LogP contribution in [0.25, 0.3) is 0 Å². The second kappa shape index (κ2) is 11.9. The summed E-state index contributed by atoms with van der Waals surface area (Å²) < 4.78 is 40.9. The van der Waals surface area contributed by atoms with Crippen LogP contribution >= 0.6 is 0 Å². The minimum atomic E-state index is -3.61. The van der Waals surface area contributed by atoms with Gasteiger partial charge in [0.15, 0.2) is 0 Å². The van der Waals surface area contributed by atoms with Crippen LogP contribution in [0.4, 0.5) is 10.1 Å². The van der Waals surface area contributed by atoms with Gasteiger partial charge in [-0.3, -0.25) is 9.59 Å². The first-order chi connectivity index (χ1) is 18.5. The molecule has 39 heavy (non-hydrogen) atoms. The zero-order chi connectivity index (χ0) is 28.2.